The minimum atomic E-state index is 0.411. The summed E-state index contributed by atoms with van der Waals surface area (Å²) < 4.78 is 0. The number of aromatic nitrogens is 1. The van der Waals surface area contributed by atoms with Crippen molar-refractivity contribution in [3.05, 3.63) is 53.9 Å². The first-order valence-corrected chi connectivity index (χ1v) is 6.28. The van der Waals surface area contributed by atoms with Crippen molar-refractivity contribution in [1.82, 2.24) is 10.3 Å². The van der Waals surface area contributed by atoms with Gasteiger partial charge in [-0.25, -0.2) is 4.99 Å². The summed E-state index contributed by atoms with van der Waals surface area (Å²) in [5, 5.41) is 11.4. The summed E-state index contributed by atoms with van der Waals surface area (Å²) >= 11 is 0. The minimum absolute atomic E-state index is 0.411. The van der Waals surface area contributed by atoms with Gasteiger partial charge in [0.05, 0.1) is 17.6 Å². The monoisotopic (exact) mass is 265 g/mol. The van der Waals surface area contributed by atoms with Gasteiger partial charge in [-0.1, -0.05) is 25.1 Å². The van der Waals surface area contributed by atoms with Crippen LogP contribution in [0.15, 0.2) is 47.6 Å². The summed E-state index contributed by atoms with van der Waals surface area (Å²) in [4.78, 5) is 8.68. The van der Waals surface area contributed by atoms with Crippen molar-refractivity contribution in [3.63, 3.8) is 0 Å². The Morgan fingerprint density at radius 3 is 2.80 bits per heavy atom. The average Bonchev–Trinajstić information content (AvgIpc) is 2.48. The second-order valence-corrected chi connectivity index (χ2v) is 4.16. The highest BCUT2D eigenvalue weighted by Gasteiger charge is 2.06. The number of nitrogen functional groups attached to an aromatic ring is 1. The fourth-order valence-electron chi connectivity index (χ4n) is 1.79. The fraction of sp³-hybridized carbons (Fsp3) is 0.133. The van der Waals surface area contributed by atoms with Crippen molar-refractivity contribution < 1.29 is 0 Å². The number of aliphatic imine (C=N–C) groups is 1. The molecule has 5 nitrogen and oxygen atoms in total. The number of nitriles is 1. The summed E-state index contributed by atoms with van der Waals surface area (Å²) in [6, 6.07) is 11.3. The SMILES string of the molecule is CCc1ccccc1N=C(NC#N)c1ccc(N)cn1. The van der Waals surface area contributed by atoms with Gasteiger partial charge in [-0.3, -0.25) is 10.3 Å². The van der Waals surface area contributed by atoms with E-state index in [1.165, 1.54) is 6.20 Å². The van der Waals surface area contributed by atoms with E-state index in [9.17, 15) is 0 Å². The molecule has 1 aromatic heterocycles. The fourth-order valence-corrected chi connectivity index (χ4v) is 1.79. The Balaban J connectivity index is 2.45. The van der Waals surface area contributed by atoms with Gasteiger partial charge in [0, 0.05) is 0 Å². The predicted molar refractivity (Wildman–Crippen MR) is 79.4 cm³/mol. The zero-order chi connectivity index (χ0) is 14.4. The number of nitrogens with two attached hydrogens (primary N) is 1. The molecule has 5 heteroatoms. The summed E-state index contributed by atoms with van der Waals surface area (Å²) in [5.74, 6) is 0.411. The smallest absolute Gasteiger partial charge is 0.182 e. The van der Waals surface area contributed by atoms with E-state index in [1.807, 2.05) is 30.5 Å². The maximum Gasteiger partial charge on any atom is 0.182 e. The van der Waals surface area contributed by atoms with Crippen LogP contribution in [0.2, 0.25) is 0 Å². The maximum atomic E-state index is 8.86. The Kier molecular flexibility index (Phi) is 4.30. The van der Waals surface area contributed by atoms with Gasteiger partial charge >= 0.3 is 0 Å². The Morgan fingerprint density at radius 2 is 2.15 bits per heavy atom. The molecule has 2 rings (SSSR count). The lowest BCUT2D eigenvalue weighted by atomic mass is 10.1. The van der Waals surface area contributed by atoms with Gasteiger partial charge in [0.15, 0.2) is 12.0 Å². The van der Waals surface area contributed by atoms with Crippen LogP contribution in [0.4, 0.5) is 11.4 Å². The van der Waals surface area contributed by atoms with Crippen molar-refractivity contribution in [2.45, 2.75) is 13.3 Å². The number of nitrogens with zero attached hydrogens (tertiary/aromatic N) is 3. The number of para-hydroxylation sites is 1. The van der Waals surface area contributed by atoms with Crippen LogP contribution in [0.25, 0.3) is 0 Å². The lowest BCUT2D eigenvalue weighted by Crippen LogP contribution is -2.20. The first-order valence-electron chi connectivity index (χ1n) is 6.28. The normalized spacial score (nSPS) is 10.9. The van der Waals surface area contributed by atoms with Crippen molar-refractivity contribution >= 4 is 17.2 Å². The van der Waals surface area contributed by atoms with Crippen LogP contribution in [0.3, 0.4) is 0 Å². The minimum Gasteiger partial charge on any atom is -0.397 e. The van der Waals surface area contributed by atoms with Crippen LogP contribution in [-0.4, -0.2) is 10.8 Å². The van der Waals surface area contributed by atoms with E-state index in [1.54, 1.807) is 12.1 Å². The average molecular weight is 265 g/mol. The number of aryl methyl sites for hydroxylation is 1. The number of rotatable bonds is 3. The number of pyridine rings is 1. The number of amidine groups is 1. The van der Waals surface area contributed by atoms with Gasteiger partial charge in [0.2, 0.25) is 0 Å². The largest absolute Gasteiger partial charge is 0.397 e. The highest BCUT2D eigenvalue weighted by atomic mass is 15.0. The van der Waals surface area contributed by atoms with Gasteiger partial charge < -0.3 is 5.73 Å². The molecule has 0 fully saturated rings. The molecule has 0 spiro atoms. The number of hydrogen-bond acceptors (Lipinski definition) is 4. The predicted octanol–water partition coefficient (Wildman–Crippen LogP) is 2.38. The van der Waals surface area contributed by atoms with Crippen molar-refractivity contribution in [2.75, 3.05) is 5.73 Å². The maximum absolute atomic E-state index is 8.86. The molecular weight excluding hydrogens is 250 g/mol. The van der Waals surface area contributed by atoms with E-state index in [2.05, 4.69) is 22.2 Å². The van der Waals surface area contributed by atoms with E-state index < -0.39 is 0 Å². The third-order valence-corrected chi connectivity index (χ3v) is 2.81. The quantitative estimate of drug-likeness (QED) is 0.386. The molecule has 0 atom stereocenters. The number of hydrogen-bond donors (Lipinski definition) is 2. The van der Waals surface area contributed by atoms with Gasteiger partial charge in [0.1, 0.15) is 5.69 Å². The Morgan fingerprint density at radius 1 is 1.35 bits per heavy atom. The van der Waals surface area contributed by atoms with Crippen LogP contribution < -0.4 is 11.1 Å². The summed E-state index contributed by atoms with van der Waals surface area (Å²) in [6.45, 7) is 2.06. The van der Waals surface area contributed by atoms with Gasteiger partial charge in [-0.2, -0.15) is 5.26 Å². The molecule has 0 aliphatic heterocycles. The zero-order valence-electron chi connectivity index (χ0n) is 11.2. The van der Waals surface area contributed by atoms with Crippen LogP contribution in [0, 0.1) is 11.5 Å². The zero-order valence-corrected chi connectivity index (χ0v) is 11.2. The van der Waals surface area contributed by atoms with E-state index in [4.69, 9.17) is 11.0 Å². The molecule has 3 N–H and O–H groups in total. The molecule has 0 amide bonds. The first-order chi connectivity index (χ1) is 9.74. The van der Waals surface area contributed by atoms with Crippen LogP contribution in [-0.2, 0) is 6.42 Å². The van der Waals surface area contributed by atoms with E-state index in [0.29, 0.717) is 17.2 Å². The molecular formula is C15H15N5. The standard InChI is InChI=1S/C15H15N5/c1-2-11-5-3-4-6-13(11)20-15(19-10-16)14-8-7-12(17)9-18-14/h3-9H,2,17H2,1H3,(H,19,20). The van der Waals surface area contributed by atoms with Crippen molar-refractivity contribution in [2.24, 2.45) is 4.99 Å². The summed E-state index contributed by atoms with van der Waals surface area (Å²) in [6.07, 6.45) is 4.29. The second kappa shape index (κ2) is 6.34. The van der Waals surface area contributed by atoms with Crippen molar-refractivity contribution in [1.29, 1.82) is 5.26 Å². The van der Waals surface area contributed by atoms with E-state index >= 15 is 0 Å². The number of benzene rings is 1. The molecule has 20 heavy (non-hydrogen) atoms. The number of anilines is 1. The Labute approximate surface area is 117 Å². The third-order valence-electron chi connectivity index (χ3n) is 2.81. The highest BCUT2D eigenvalue weighted by Crippen LogP contribution is 2.20. The van der Waals surface area contributed by atoms with Crippen LogP contribution in [0.5, 0.6) is 0 Å². The molecule has 0 bridgehead atoms. The second-order valence-electron chi connectivity index (χ2n) is 4.16. The van der Waals surface area contributed by atoms with E-state index in [-0.39, 0.29) is 0 Å². The Hall–Kier alpha value is -2.87. The third kappa shape index (κ3) is 3.12. The molecule has 2 aromatic rings. The van der Waals surface area contributed by atoms with Crippen LogP contribution >= 0.6 is 0 Å². The summed E-state index contributed by atoms with van der Waals surface area (Å²) in [5.41, 5.74) is 8.69. The molecule has 0 aliphatic rings. The van der Waals surface area contributed by atoms with Gasteiger partial charge in [-0.05, 0) is 30.2 Å². The van der Waals surface area contributed by atoms with E-state index in [0.717, 1.165) is 17.7 Å². The topological polar surface area (TPSA) is 87.1 Å². The molecule has 1 aromatic carbocycles. The lowest BCUT2D eigenvalue weighted by Gasteiger charge is -2.06. The molecule has 0 unspecified atom stereocenters. The van der Waals surface area contributed by atoms with Gasteiger partial charge in [0.25, 0.3) is 0 Å². The van der Waals surface area contributed by atoms with Gasteiger partial charge in [-0.15, -0.1) is 0 Å². The number of nitrogens with one attached hydrogen (secondary N) is 1. The molecule has 0 saturated carbocycles. The molecule has 100 valence electrons. The Bertz CT molecular complexity index is 653. The highest BCUT2D eigenvalue weighted by molar-refractivity contribution is 5.99. The van der Waals surface area contributed by atoms with Crippen molar-refractivity contribution in [3.8, 4) is 6.19 Å². The summed E-state index contributed by atoms with van der Waals surface area (Å²) in [7, 11) is 0. The molecule has 0 aliphatic carbocycles. The lowest BCUT2D eigenvalue weighted by molar-refractivity contribution is 1.12. The molecule has 0 saturated heterocycles. The van der Waals surface area contributed by atoms with Crippen LogP contribution in [0.1, 0.15) is 18.2 Å². The first kappa shape index (κ1) is 13.6. The molecule has 1 heterocycles. The molecule has 0 radical (unpaired) electrons.